The van der Waals surface area contributed by atoms with Crippen LogP contribution >= 0.6 is 11.3 Å². The number of ether oxygens (including phenoxy) is 1. The van der Waals surface area contributed by atoms with Crippen molar-refractivity contribution in [3.05, 3.63) is 63.9 Å². The number of hydrogen-bond donors (Lipinski definition) is 0. The van der Waals surface area contributed by atoms with Gasteiger partial charge < -0.3 is 9.30 Å². The lowest BCUT2D eigenvalue weighted by atomic mass is 10.1. The molecule has 1 aromatic carbocycles. The Labute approximate surface area is 174 Å². The van der Waals surface area contributed by atoms with Crippen LogP contribution in [0.4, 0.5) is 0 Å². The van der Waals surface area contributed by atoms with Gasteiger partial charge >= 0.3 is 5.97 Å². The third kappa shape index (κ3) is 4.32. The smallest absolute Gasteiger partial charge is 0.312 e. The van der Waals surface area contributed by atoms with E-state index >= 15 is 0 Å². The maximum absolute atomic E-state index is 12.5. The maximum Gasteiger partial charge on any atom is 0.312 e. The fourth-order valence-electron chi connectivity index (χ4n) is 3.59. The highest BCUT2D eigenvalue weighted by Crippen LogP contribution is 2.38. The normalized spacial score (nSPS) is 13.5. The van der Waals surface area contributed by atoms with Gasteiger partial charge in [0.15, 0.2) is 6.61 Å². The topological polar surface area (TPSA) is 61.2 Å². The molecule has 3 aromatic rings. The van der Waals surface area contributed by atoms with Gasteiger partial charge in [-0.05, 0) is 39.7 Å². The molecule has 1 saturated carbocycles. The van der Waals surface area contributed by atoms with Crippen LogP contribution in [0.2, 0.25) is 0 Å². The van der Waals surface area contributed by atoms with Crippen molar-refractivity contribution in [2.75, 3.05) is 6.61 Å². The number of ketones is 1. The van der Waals surface area contributed by atoms with E-state index in [1.165, 1.54) is 16.9 Å². The minimum Gasteiger partial charge on any atom is -0.457 e. The van der Waals surface area contributed by atoms with Crippen LogP contribution in [-0.2, 0) is 16.0 Å². The van der Waals surface area contributed by atoms with E-state index in [2.05, 4.69) is 9.55 Å². The summed E-state index contributed by atoms with van der Waals surface area (Å²) in [5.74, 6) is -0.591. The van der Waals surface area contributed by atoms with E-state index < -0.39 is 5.97 Å². The highest BCUT2D eigenvalue weighted by molar-refractivity contribution is 7.13. The Balaban J connectivity index is 1.34. The first-order valence-electron chi connectivity index (χ1n) is 9.81. The Kier molecular flexibility index (Phi) is 5.37. The molecule has 4 rings (SSSR count). The number of rotatable bonds is 7. The molecule has 0 N–H and O–H groups in total. The molecule has 0 spiro atoms. The summed E-state index contributed by atoms with van der Waals surface area (Å²) in [6.07, 6.45) is 2.39. The summed E-state index contributed by atoms with van der Waals surface area (Å²) in [7, 11) is 0. The largest absolute Gasteiger partial charge is 0.457 e. The number of carbonyl (C=O) groups excluding carboxylic acids is 2. The number of esters is 1. The van der Waals surface area contributed by atoms with Gasteiger partial charge in [-0.25, -0.2) is 4.98 Å². The van der Waals surface area contributed by atoms with E-state index in [0.717, 1.165) is 34.8 Å². The average Bonchev–Trinajstić information content (AvgIpc) is 3.34. The van der Waals surface area contributed by atoms with Crippen LogP contribution in [-0.4, -0.2) is 27.9 Å². The minimum atomic E-state index is -0.435. The zero-order chi connectivity index (χ0) is 20.5. The molecular formula is C23H24N2O3S. The van der Waals surface area contributed by atoms with Gasteiger partial charge in [0.2, 0.25) is 5.78 Å². The summed E-state index contributed by atoms with van der Waals surface area (Å²) < 4.78 is 7.46. The van der Waals surface area contributed by atoms with Crippen LogP contribution < -0.4 is 0 Å². The predicted molar refractivity (Wildman–Crippen MR) is 113 cm³/mol. The molecular weight excluding hydrogens is 384 g/mol. The zero-order valence-corrected chi connectivity index (χ0v) is 17.7. The SMILES string of the molecule is Cc1ccc(-c2nc(CC(=O)OCC(=O)c3cc(C)n(C4CC4)c3C)cs2)cc1. The molecule has 0 aliphatic heterocycles. The van der Waals surface area contributed by atoms with Gasteiger partial charge in [0, 0.05) is 33.9 Å². The Morgan fingerprint density at radius 2 is 1.90 bits per heavy atom. The second kappa shape index (κ2) is 7.95. The van der Waals surface area contributed by atoms with Crippen LogP contribution in [0.25, 0.3) is 10.6 Å². The average molecular weight is 409 g/mol. The highest BCUT2D eigenvalue weighted by Gasteiger charge is 2.28. The Morgan fingerprint density at radius 3 is 2.59 bits per heavy atom. The quantitative estimate of drug-likeness (QED) is 0.415. The van der Waals surface area contributed by atoms with Crippen LogP contribution in [0.5, 0.6) is 0 Å². The summed E-state index contributed by atoms with van der Waals surface area (Å²) >= 11 is 1.50. The fourth-order valence-corrected chi connectivity index (χ4v) is 4.42. The molecule has 6 heteroatoms. The lowest BCUT2D eigenvalue weighted by molar-refractivity contribution is -0.141. The first-order chi connectivity index (χ1) is 13.9. The van der Waals surface area contributed by atoms with E-state index in [1.54, 1.807) is 0 Å². The first kappa shape index (κ1) is 19.6. The Morgan fingerprint density at radius 1 is 1.17 bits per heavy atom. The van der Waals surface area contributed by atoms with Crippen molar-refractivity contribution >= 4 is 23.1 Å². The van der Waals surface area contributed by atoms with Crippen LogP contribution in [0.3, 0.4) is 0 Å². The van der Waals surface area contributed by atoms with Crippen molar-refractivity contribution in [1.29, 1.82) is 0 Å². The van der Waals surface area contributed by atoms with Crippen molar-refractivity contribution in [3.8, 4) is 10.6 Å². The number of aryl methyl sites for hydroxylation is 2. The van der Waals surface area contributed by atoms with E-state index in [0.29, 0.717) is 17.3 Å². The summed E-state index contributed by atoms with van der Waals surface area (Å²) in [5, 5.41) is 2.73. The maximum atomic E-state index is 12.5. The van der Waals surface area contributed by atoms with E-state index in [-0.39, 0.29) is 18.8 Å². The predicted octanol–water partition coefficient (Wildman–Crippen LogP) is 4.84. The van der Waals surface area contributed by atoms with Crippen molar-refractivity contribution < 1.29 is 14.3 Å². The molecule has 150 valence electrons. The molecule has 0 amide bonds. The van der Waals surface area contributed by atoms with Crippen LogP contribution in [0, 0.1) is 20.8 Å². The van der Waals surface area contributed by atoms with Crippen molar-refractivity contribution in [2.24, 2.45) is 0 Å². The van der Waals surface area contributed by atoms with E-state index in [1.807, 2.05) is 56.5 Å². The molecule has 0 saturated heterocycles. The zero-order valence-electron chi connectivity index (χ0n) is 16.9. The lowest BCUT2D eigenvalue weighted by Gasteiger charge is -2.07. The number of Topliss-reactive ketones (excluding diaryl/α,β-unsaturated/α-hetero) is 1. The van der Waals surface area contributed by atoms with Gasteiger partial charge in [0.25, 0.3) is 0 Å². The minimum absolute atomic E-state index is 0.0662. The van der Waals surface area contributed by atoms with E-state index in [9.17, 15) is 9.59 Å². The number of nitrogens with zero attached hydrogens (tertiary/aromatic N) is 2. The molecule has 1 aliphatic rings. The molecule has 2 aromatic heterocycles. The molecule has 0 atom stereocenters. The summed E-state index contributed by atoms with van der Waals surface area (Å²) in [4.78, 5) is 29.3. The molecule has 1 fully saturated rings. The Hall–Kier alpha value is -2.73. The molecule has 0 bridgehead atoms. The third-order valence-corrected chi connectivity index (χ3v) is 6.18. The van der Waals surface area contributed by atoms with Gasteiger partial charge in [0.05, 0.1) is 12.1 Å². The standard InChI is InChI=1S/C23H24N2O3S/c1-14-4-6-17(7-5-14)23-24-18(13-29-23)11-22(27)28-12-21(26)20-10-15(2)25(16(20)3)19-8-9-19/h4-7,10,13,19H,8-9,11-12H2,1-3H3. The van der Waals surface area contributed by atoms with Crippen molar-refractivity contribution in [1.82, 2.24) is 9.55 Å². The number of thiazole rings is 1. The monoisotopic (exact) mass is 408 g/mol. The second-order valence-electron chi connectivity index (χ2n) is 7.66. The number of aromatic nitrogens is 2. The highest BCUT2D eigenvalue weighted by atomic mass is 32.1. The summed E-state index contributed by atoms with van der Waals surface area (Å²) in [5.41, 5.74) is 5.59. The van der Waals surface area contributed by atoms with Crippen LogP contribution in [0.1, 0.15) is 51.9 Å². The van der Waals surface area contributed by atoms with Gasteiger partial charge in [-0.1, -0.05) is 29.8 Å². The van der Waals surface area contributed by atoms with Crippen molar-refractivity contribution in [3.63, 3.8) is 0 Å². The van der Waals surface area contributed by atoms with Gasteiger partial charge in [0.1, 0.15) is 5.01 Å². The molecule has 1 aliphatic carbocycles. The summed E-state index contributed by atoms with van der Waals surface area (Å²) in [6, 6.07) is 10.5. The first-order valence-corrected chi connectivity index (χ1v) is 10.7. The van der Waals surface area contributed by atoms with E-state index in [4.69, 9.17) is 4.74 Å². The van der Waals surface area contributed by atoms with Gasteiger partial charge in [-0.2, -0.15) is 0 Å². The van der Waals surface area contributed by atoms with Crippen molar-refractivity contribution in [2.45, 2.75) is 46.1 Å². The van der Waals surface area contributed by atoms with Gasteiger partial charge in [-0.3, -0.25) is 9.59 Å². The molecule has 5 nitrogen and oxygen atoms in total. The fraction of sp³-hybridized carbons (Fsp3) is 0.348. The second-order valence-corrected chi connectivity index (χ2v) is 8.51. The number of benzene rings is 1. The molecule has 2 heterocycles. The molecule has 0 unspecified atom stereocenters. The summed E-state index contributed by atoms with van der Waals surface area (Å²) in [6.45, 7) is 5.78. The molecule has 29 heavy (non-hydrogen) atoms. The number of hydrogen-bond acceptors (Lipinski definition) is 5. The number of carbonyl (C=O) groups is 2. The van der Waals surface area contributed by atoms with Gasteiger partial charge in [-0.15, -0.1) is 11.3 Å². The lowest BCUT2D eigenvalue weighted by Crippen LogP contribution is -2.16. The Bertz CT molecular complexity index is 1060. The molecule has 0 radical (unpaired) electrons. The van der Waals surface area contributed by atoms with Crippen LogP contribution in [0.15, 0.2) is 35.7 Å². The third-order valence-electron chi connectivity index (χ3n) is 5.24.